The minimum atomic E-state index is -2.85. The minimum Gasteiger partial charge on any atom is -0.370 e. The molecule has 0 amide bonds. The quantitative estimate of drug-likeness (QED) is 0.726. The van der Waals surface area contributed by atoms with Gasteiger partial charge in [0.05, 0.1) is 18.0 Å². The van der Waals surface area contributed by atoms with Crippen molar-refractivity contribution < 1.29 is 13.2 Å². The van der Waals surface area contributed by atoms with Crippen LogP contribution in [0.5, 0.6) is 0 Å². The van der Waals surface area contributed by atoms with Crippen LogP contribution >= 0.6 is 0 Å². The van der Waals surface area contributed by atoms with E-state index in [9.17, 15) is 8.42 Å². The summed E-state index contributed by atoms with van der Waals surface area (Å²) in [4.78, 5) is 2.23. The minimum absolute atomic E-state index is 0.0656. The van der Waals surface area contributed by atoms with E-state index in [1.807, 2.05) is 0 Å². The molecule has 0 unspecified atom stereocenters. The highest BCUT2D eigenvalue weighted by Crippen LogP contribution is 2.32. The SMILES string of the molecule is CC1=CC2(CCN(CCS(C)(=O)=O)CC2)OCC1. The van der Waals surface area contributed by atoms with Gasteiger partial charge in [0, 0.05) is 25.9 Å². The Bertz CT molecular complexity index is 420. The van der Waals surface area contributed by atoms with E-state index in [1.54, 1.807) is 0 Å². The van der Waals surface area contributed by atoms with Gasteiger partial charge in [-0.2, -0.15) is 0 Å². The van der Waals surface area contributed by atoms with Crippen molar-refractivity contribution in [2.45, 2.75) is 31.8 Å². The van der Waals surface area contributed by atoms with E-state index in [4.69, 9.17) is 4.74 Å². The molecule has 0 N–H and O–H groups in total. The Labute approximate surface area is 110 Å². The highest BCUT2D eigenvalue weighted by molar-refractivity contribution is 7.90. The van der Waals surface area contributed by atoms with Crippen molar-refractivity contribution in [2.75, 3.05) is 38.2 Å². The van der Waals surface area contributed by atoms with Gasteiger partial charge in [-0.1, -0.05) is 11.6 Å². The van der Waals surface area contributed by atoms with Crippen molar-refractivity contribution in [3.8, 4) is 0 Å². The van der Waals surface area contributed by atoms with Crippen LogP contribution in [0, 0.1) is 0 Å². The molecule has 2 aliphatic heterocycles. The lowest BCUT2D eigenvalue weighted by molar-refractivity contribution is -0.0556. The first-order valence-corrected chi connectivity index (χ1v) is 8.67. The number of nitrogens with zero attached hydrogens (tertiary/aromatic N) is 1. The molecule has 0 saturated carbocycles. The lowest BCUT2D eigenvalue weighted by atomic mass is 9.87. The molecule has 4 nitrogen and oxygen atoms in total. The largest absolute Gasteiger partial charge is 0.370 e. The van der Waals surface area contributed by atoms with Gasteiger partial charge in [-0.25, -0.2) is 8.42 Å². The number of sulfone groups is 1. The third kappa shape index (κ3) is 3.80. The highest BCUT2D eigenvalue weighted by Gasteiger charge is 2.35. The molecule has 0 aromatic rings. The molecule has 0 radical (unpaired) electrons. The van der Waals surface area contributed by atoms with Gasteiger partial charge in [0.1, 0.15) is 9.84 Å². The first kappa shape index (κ1) is 14.0. The van der Waals surface area contributed by atoms with Crippen LogP contribution in [0.15, 0.2) is 11.6 Å². The number of rotatable bonds is 3. The lowest BCUT2D eigenvalue weighted by Crippen LogP contribution is -2.47. The van der Waals surface area contributed by atoms with Gasteiger partial charge in [0.25, 0.3) is 0 Å². The summed E-state index contributed by atoms with van der Waals surface area (Å²) in [5, 5.41) is 0. The summed E-state index contributed by atoms with van der Waals surface area (Å²) >= 11 is 0. The highest BCUT2D eigenvalue weighted by atomic mass is 32.2. The second-order valence-corrected chi connectivity index (χ2v) is 7.89. The van der Waals surface area contributed by atoms with Crippen molar-refractivity contribution in [2.24, 2.45) is 0 Å². The monoisotopic (exact) mass is 273 g/mol. The van der Waals surface area contributed by atoms with Crippen molar-refractivity contribution in [1.82, 2.24) is 4.90 Å². The molecule has 0 atom stereocenters. The van der Waals surface area contributed by atoms with Crippen LogP contribution in [-0.4, -0.2) is 57.2 Å². The van der Waals surface area contributed by atoms with E-state index in [2.05, 4.69) is 17.9 Å². The Hall–Kier alpha value is -0.390. The molecule has 1 spiro atoms. The fraction of sp³-hybridized carbons (Fsp3) is 0.846. The number of hydrogen-bond acceptors (Lipinski definition) is 4. The van der Waals surface area contributed by atoms with Gasteiger partial charge in [0.2, 0.25) is 0 Å². The molecule has 2 rings (SSSR count). The molecule has 0 aromatic carbocycles. The van der Waals surface area contributed by atoms with Crippen molar-refractivity contribution in [3.05, 3.63) is 11.6 Å². The number of ether oxygens (including phenoxy) is 1. The average molecular weight is 273 g/mol. The summed E-state index contributed by atoms with van der Waals surface area (Å²) in [6, 6.07) is 0. The van der Waals surface area contributed by atoms with E-state index < -0.39 is 9.84 Å². The van der Waals surface area contributed by atoms with Crippen LogP contribution in [0.2, 0.25) is 0 Å². The van der Waals surface area contributed by atoms with E-state index in [-0.39, 0.29) is 11.4 Å². The Morgan fingerprint density at radius 3 is 2.61 bits per heavy atom. The Morgan fingerprint density at radius 1 is 1.39 bits per heavy atom. The van der Waals surface area contributed by atoms with Gasteiger partial charge in [-0.15, -0.1) is 0 Å². The first-order chi connectivity index (χ1) is 8.39. The molecule has 18 heavy (non-hydrogen) atoms. The van der Waals surface area contributed by atoms with Gasteiger partial charge in [-0.05, 0) is 26.2 Å². The summed E-state index contributed by atoms with van der Waals surface area (Å²) in [5.74, 6) is 0.260. The Kier molecular flexibility index (Phi) is 4.14. The Balaban J connectivity index is 1.86. The van der Waals surface area contributed by atoms with Gasteiger partial charge in [-0.3, -0.25) is 0 Å². The maximum absolute atomic E-state index is 11.2. The summed E-state index contributed by atoms with van der Waals surface area (Å²) in [7, 11) is -2.85. The van der Waals surface area contributed by atoms with Crippen LogP contribution in [0.1, 0.15) is 26.2 Å². The summed E-state index contributed by atoms with van der Waals surface area (Å²) < 4.78 is 28.3. The van der Waals surface area contributed by atoms with E-state index >= 15 is 0 Å². The zero-order valence-electron chi connectivity index (χ0n) is 11.3. The Morgan fingerprint density at radius 2 is 2.06 bits per heavy atom. The number of likely N-dealkylation sites (tertiary alicyclic amines) is 1. The normalized spacial score (nSPS) is 25.1. The summed E-state index contributed by atoms with van der Waals surface area (Å²) in [6.45, 7) is 5.50. The topological polar surface area (TPSA) is 46.6 Å². The van der Waals surface area contributed by atoms with Crippen LogP contribution in [0.4, 0.5) is 0 Å². The number of hydrogen-bond donors (Lipinski definition) is 0. The van der Waals surface area contributed by atoms with Crippen LogP contribution in [0.25, 0.3) is 0 Å². The molecule has 104 valence electrons. The molecule has 5 heteroatoms. The zero-order valence-corrected chi connectivity index (χ0v) is 12.1. The molecule has 0 aliphatic carbocycles. The van der Waals surface area contributed by atoms with E-state index in [0.29, 0.717) is 6.54 Å². The number of piperidine rings is 1. The van der Waals surface area contributed by atoms with E-state index in [0.717, 1.165) is 39.0 Å². The molecular formula is C13H23NO3S. The van der Waals surface area contributed by atoms with Crippen LogP contribution < -0.4 is 0 Å². The van der Waals surface area contributed by atoms with Crippen molar-refractivity contribution >= 4 is 9.84 Å². The molecule has 2 aliphatic rings. The molecule has 0 bridgehead atoms. The van der Waals surface area contributed by atoms with Gasteiger partial charge >= 0.3 is 0 Å². The fourth-order valence-electron chi connectivity index (χ4n) is 2.72. The molecule has 0 aromatic heterocycles. The smallest absolute Gasteiger partial charge is 0.148 e. The predicted octanol–water partition coefficient (Wildman–Crippen LogP) is 1.23. The maximum atomic E-state index is 11.2. The summed E-state index contributed by atoms with van der Waals surface area (Å²) in [5.41, 5.74) is 1.36. The molecule has 2 heterocycles. The third-order valence-corrected chi connectivity index (χ3v) is 4.80. The van der Waals surface area contributed by atoms with Crippen LogP contribution in [-0.2, 0) is 14.6 Å². The molecule has 1 saturated heterocycles. The average Bonchev–Trinajstić information content (AvgIpc) is 2.27. The first-order valence-electron chi connectivity index (χ1n) is 6.61. The van der Waals surface area contributed by atoms with Gasteiger partial charge in [0.15, 0.2) is 0 Å². The summed E-state index contributed by atoms with van der Waals surface area (Å²) in [6.07, 6.45) is 6.58. The molecular weight excluding hydrogens is 250 g/mol. The second kappa shape index (κ2) is 5.31. The van der Waals surface area contributed by atoms with Crippen molar-refractivity contribution in [3.63, 3.8) is 0 Å². The van der Waals surface area contributed by atoms with E-state index in [1.165, 1.54) is 11.8 Å². The predicted molar refractivity (Wildman–Crippen MR) is 72.4 cm³/mol. The third-order valence-electron chi connectivity index (χ3n) is 3.88. The standard InChI is InChI=1S/C13H23NO3S/c1-12-3-9-17-13(11-12)4-6-14(7-5-13)8-10-18(2,15)16/h11H,3-10H2,1-2H3. The fourth-order valence-corrected chi connectivity index (χ4v) is 3.31. The lowest BCUT2D eigenvalue weighted by Gasteiger charge is -2.42. The zero-order chi connectivity index (χ0) is 13.2. The van der Waals surface area contributed by atoms with Crippen molar-refractivity contribution in [1.29, 1.82) is 0 Å². The van der Waals surface area contributed by atoms with Gasteiger partial charge < -0.3 is 9.64 Å². The molecule has 1 fully saturated rings. The van der Waals surface area contributed by atoms with Crippen LogP contribution in [0.3, 0.4) is 0 Å². The second-order valence-electron chi connectivity index (χ2n) is 5.63. The maximum Gasteiger partial charge on any atom is 0.148 e.